The Morgan fingerprint density at radius 2 is 1.55 bits per heavy atom. The van der Waals surface area contributed by atoms with Gasteiger partial charge in [0, 0.05) is 11.9 Å². The Morgan fingerprint density at radius 1 is 0.966 bits per heavy atom. The molecule has 0 aliphatic rings. The number of nitriles is 1. The third-order valence-electron chi connectivity index (χ3n) is 4.63. The van der Waals surface area contributed by atoms with Crippen LogP contribution >= 0.6 is 0 Å². The standard InChI is InChI=1S/C21H12F3N3O2/c22-21(23,24)14-5-1-12(2-6-14)13-3-7-15(8-4-13)27-10-9-17-18(27)19(28)16(11-25)20(29)26-17/h1-10H,(H2,26,28,29). The molecule has 0 saturated heterocycles. The normalized spacial score (nSPS) is 11.5. The van der Waals surface area contributed by atoms with Gasteiger partial charge < -0.3 is 14.7 Å². The molecule has 0 bridgehead atoms. The number of halogens is 3. The molecule has 8 heteroatoms. The first-order valence-electron chi connectivity index (χ1n) is 8.44. The van der Waals surface area contributed by atoms with Crippen LogP contribution in [0.2, 0.25) is 0 Å². The number of fused-ring (bicyclic) bond motifs is 1. The van der Waals surface area contributed by atoms with Crippen molar-refractivity contribution >= 4 is 11.0 Å². The van der Waals surface area contributed by atoms with Gasteiger partial charge in [-0.3, -0.25) is 4.79 Å². The zero-order chi connectivity index (χ0) is 20.8. The van der Waals surface area contributed by atoms with Crippen LogP contribution in [0.4, 0.5) is 13.2 Å². The number of alkyl halides is 3. The summed E-state index contributed by atoms with van der Waals surface area (Å²) in [5.74, 6) is -0.414. The van der Waals surface area contributed by atoms with Crippen molar-refractivity contribution in [3.63, 3.8) is 0 Å². The molecule has 0 aliphatic carbocycles. The van der Waals surface area contributed by atoms with E-state index in [2.05, 4.69) is 4.98 Å². The number of aromatic hydroxyl groups is 1. The molecular formula is C21H12F3N3O2. The van der Waals surface area contributed by atoms with Crippen molar-refractivity contribution in [1.29, 1.82) is 5.26 Å². The minimum Gasteiger partial charge on any atom is -0.504 e. The molecule has 4 aromatic rings. The zero-order valence-electron chi connectivity index (χ0n) is 14.7. The number of aromatic nitrogens is 2. The van der Waals surface area contributed by atoms with Crippen molar-refractivity contribution in [2.75, 3.05) is 0 Å². The van der Waals surface area contributed by atoms with Gasteiger partial charge in [-0.05, 0) is 41.5 Å². The van der Waals surface area contributed by atoms with Gasteiger partial charge >= 0.3 is 6.18 Å². The van der Waals surface area contributed by atoms with E-state index in [1.807, 2.05) is 0 Å². The molecule has 144 valence electrons. The molecule has 2 heterocycles. The Morgan fingerprint density at radius 3 is 2.10 bits per heavy atom. The number of rotatable bonds is 2. The number of nitrogens with one attached hydrogen (secondary N) is 1. The van der Waals surface area contributed by atoms with Crippen LogP contribution in [0.1, 0.15) is 11.1 Å². The quantitative estimate of drug-likeness (QED) is 0.521. The molecule has 0 spiro atoms. The van der Waals surface area contributed by atoms with E-state index < -0.39 is 23.0 Å². The average molecular weight is 395 g/mol. The van der Waals surface area contributed by atoms with Crippen LogP contribution in [0.5, 0.6) is 5.75 Å². The highest BCUT2D eigenvalue weighted by molar-refractivity contribution is 5.86. The predicted molar refractivity (Wildman–Crippen MR) is 101 cm³/mol. The Labute approximate surface area is 161 Å². The van der Waals surface area contributed by atoms with Gasteiger partial charge in [0.05, 0.1) is 11.1 Å². The molecule has 0 fully saturated rings. The molecule has 0 amide bonds. The zero-order valence-corrected chi connectivity index (χ0v) is 14.7. The maximum atomic E-state index is 12.7. The summed E-state index contributed by atoms with van der Waals surface area (Å²) in [5, 5.41) is 19.4. The highest BCUT2D eigenvalue weighted by atomic mass is 19.4. The molecule has 4 rings (SSSR count). The summed E-state index contributed by atoms with van der Waals surface area (Å²) >= 11 is 0. The van der Waals surface area contributed by atoms with Crippen LogP contribution in [-0.4, -0.2) is 14.7 Å². The topological polar surface area (TPSA) is 81.8 Å². The van der Waals surface area contributed by atoms with E-state index in [0.29, 0.717) is 22.3 Å². The second-order valence-electron chi connectivity index (χ2n) is 6.36. The third-order valence-corrected chi connectivity index (χ3v) is 4.63. The van der Waals surface area contributed by atoms with Crippen LogP contribution in [0.25, 0.3) is 27.8 Å². The van der Waals surface area contributed by atoms with Gasteiger partial charge in [0.2, 0.25) is 0 Å². The van der Waals surface area contributed by atoms with Gasteiger partial charge in [0.15, 0.2) is 11.3 Å². The smallest absolute Gasteiger partial charge is 0.416 e. The average Bonchev–Trinajstić information content (AvgIpc) is 3.12. The number of nitrogens with zero attached hydrogens (tertiary/aromatic N) is 2. The molecule has 2 N–H and O–H groups in total. The van der Waals surface area contributed by atoms with Gasteiger partial charge in [0.1, 0.15) is 11.6 Å². The Hall–Kier alpha value is -3.99. The molecule has 0 unspecified atom stereocenters. The van der Waals surface area contributed by atoms with Crippen molar-refractivity contribution in [2.45, 2.75) is 6.18 Å². The molecule has 0 radical (unpaired) electrons. The summed E-state index contributed by atoms with van der Waals surface area (Å²) in [6.45, 7) is 0. The summed E-state index contributed by atoms with van der Waals surface area (Å²) in [7, 11) is 0. The van der Waals surface area contributed by atoms with Gasteiger partial charge in [-0.2, -0.15) is 18.4 Å². The molecule has 2 aromatic heterocycles. The first kappa shape index (κ1) is 18.4. The van der Waals surface area contributed by atoms with Crippen molar-refractivity contribution in [3.05, 3.63) is 82.3 Å². The van der Waals surface area contributed by atoms with Gasteiger partial charge in [-0.25, -0.2) is 0 Å². The van der Waals surface area contributed by atoms with Crippen molar-refractivity contribution in [1.82, 2.24) is 9.55 Å². The van der Waals surface area contributed by atoms with Crippen molar-refractivity contribution < 1.29 is 18.3 Å². The molecule has 2 aromatic carbocycles. The van der Waals surface area contributed by atoms with Crippen LogP contribution in [-0.2, 0) is 6.18 Å². The van der Waals surface area contributed by atoms with Gasteiger partial charge in [-0.1, -0.05) is 24.3 Å². The lowest BCUT2D eigenvalue weighted by Crippen LogP contribution is -2.10. The lowest BCUT2D eigenvalue weighted by atomic mass is 10.0. The number of aromatic amines is 1. The fourth-order valence-corrected chi connectivity index (χ4v) is 3.17. The predicted octanol–water partition coefficient (Wildman–Crippen LogP) is 4.58. The van der Waals surface area contributed by atoms with E-state index in [4.69, 9.17) is 5.26 Å². The molecule has 0 saturated carbocycles. The lowest BCUT2D eigenvalue weighted by molar-refractivity contribution is -0.137. The summed E-state index contributed by atoms with van der Waals surface area (Å²) < 4.78 is 39.7. The number of hydrogen-bond donors (Lipinski definition) is 2. The SMILES string of the molecule is N#Cc1c(O)c2c(ccn2-c2ccc(-c3ccc(C(F)(F)F)cc3)cc2)[nH]c1=O. The Kier molecular flexibility index (Phi) is 4.16. The fraction of sp³-hybridized carbons (Fsp3) is 0.0476. The molecule has 29 heavy (non-hydrogen) atoms. The summed E-state index contributed by atoms with van der Waals surface area (Å²) in [4.78, 5) is 14.3. The molecule has 5 nitrogen and oxygen atoms in total. The second kappa shape index (κ2) is 6.56. The van der Waals surface area contributed by atoms with Crippen LogP contribution in [0.3, 0.4) is 0 Å². The number of H-pyrrole nitrogens is 1. The number of hydrogen-bond acceptors (Lipinski definition) is 3. The summed E-state index contributed by atoms with van der Waals surface area (Å²) in [6, 6.07) is 15.1. The number of benzene rings is 2. The van der Waals surface area contributed by atoms with E-state index >= 15 is 0 Å². The third kappa shape index (κ3) is 3.12. The molecule has 0 aliphatic heterocycles. The highest BCUT2D eigenvalue weighted by Gasteiger charge is 2.29. The van der Waals surface area contributed by atoms with Crippen LogP contribution < -0.4 is 5.56 Å². The largest absolute Gasteiger partial charge is 0.504 e. The minimum absolute atomic E-state index is 0.281. The summed E-state index contributed by atoms with van der Waals surface area (Å²) in [6.07, 6.45) is -2.75. The van der Waals surface area contributed by atoms with E-state index in [1.54, 1.807) is 47.2 Å². The molecular weight excluding hydrogens is 383 g/mol. The van der Waals surface area contributed by atoms with Gasteiger partial charge in [0.25, 0.3) is 5.56 Å². The first-order chi connectivity index (χ1) is 13.8. The van der Waals surface area contributed by atoms with Crippen LogP contribution in [0.15, 0.2) is 65.6 Å². The van der Waals surface area contributed by atoms with Crippen molar-refractivity contribution in [2.24, 2.45) is 0 Å². The summed E-state index contributed by atoms with van der Waals surface area (Å²) in [5.41, 5.74) is 0.875. The van der Waals surface area contributed by atoms with E-state index in [-0.39, 0.29) is 11.1 Å². The van der Waals surface area contributed by atoms with Gasteiger partial charge in [-0.15, -0.1) is 0 Å². The van der Waals surface area contributed by atoms with E-state index in [9.17, 15) is 23.1 Å². The highest BCUT2D eigenvalue weighted by Crippen LogP contribution is 2.32. The second-order valence-corrected chi connectivity index (χ2v) is 6.36. The lowest BCUT2D eigenvalue weighted by Gasteiger charge is -2.10. The minimum atomic E-state index is -4.39. The van der Waals surface area contributed by atoms with Crippen LogP contribution in [0, 0.1) is 11.3 Å². The van der Waals surface area contributed by atoms with E-state index in [1.165, 1.54) is 12.1 Å². The maximum Gasteiger partial charge on any atom is 0.416 e. The first-order valence-corrected chi connectivity index (χ1v) is 8.44. The Bertz CT molecular complexity index is 1310. The van der Waals surface area contributed by atoms with Crippen molar-refractivity contribution in [3.8, 4) is 28.6 Å². The fourth-order valence-electron chi connectivity index (χ4n) is 3.17. The maximum absolute atomic E-state index is 12.7. The number of pyridine rings is 1. The molecule has 0 atom stereocenters. The van der Waals surface area contributed by atoms with E-state index in [0.717, 1.165) is 12.1 Å². The Balaban J connectivity index is 1.74. The monoisotopic (exact) mass is 395 g/mol.